The molecule has 0 fully saturated rings. The average molecular weight is 809 g/mol. The van der Waals surface area contributed by atoms with Gasteiger partial charge < -0.3 is 0 Å². The van der Waals surface area contributed by atoms with Gasteiger partial charge in [0.05, 0.1) is 27.9 Å². The molecule has 62 heavy (non-hydrogen) atoms. The third-order valence-electron chi connectivity index (χ3n) is 11.9. The van der Waals surface area contributed by atoms with Gasteiger partial charge >= 0.3 is 0 Å². The van der Waals surface area contributed by atoms with Crippen molar-refractivity contribution in [2.24, 2.45) is 0 Å². The molecule has 0 aliphatic carbocycles. The van der Waals surface area contributed by atoms with Gasteiger partial charge in [-0.25, -0.2) is 9.97 Å². The largest absolute Gasteiger partial charge is 0.276 e. The minimum absolute atomic E-state index is 0.595. The number of fused-ring (bicyclic) bond motifs is 6. The van der Waals surface area contributed by atoms with Crippen LogP contribution in [-0.4, -0.2) is 19.5 Å². The number of benzene rings is 8. The fourth-order valence-corrected chi connectivity index (χ4v) is 9.84. The lowest BCUT2D eigenvalue weighted by molar-refractivity contribution is 0.994. The predicted molar refractivity (Wildman–Crippen MR) is 260 cm³/mol. The highest BCUT2D eigenvalue weighted by molar-refractivity contribution is 7.25. The summed E-state index contributed by atoms with van der Waals surface area (Å²) < 4.78 is 4.77. The fraction of sp³-hybridized carbons (Fsp3) is 0. The van der Waals surface area contributed by atoms with Gasteiger partial charge in [0.1, 0.15) is 0 Å². The molecular formula is C57H36N4S. The summed E-state index contributed by atoms with van der Waals surface area (Å²) in [5.41, 5.74) is 16.0. The summed E-state index contributed by atoms with van der Waals surface area (Å²) in [5, 5.41) is 3.63. The summed E-state index contributed by atoms with van der Waals surface area (Å²) in [6.45, 7) is 0. The predicted octanol–water partition coefficient (Wildman–Crippen LogP) is 15.3. The number of hydrogen-bond donors (Lipinski definition) is 0. The van der Waals surface area contributed by atoms with Crippen LogP contribution in [0.5, 0.6) is 0 Å². The van der Waals surface area contributed by atoms with Crippen LogP contribution < -0.4 is 0 Å². The van der Waals surface area contributed by atoms with Crippen molar-refractivity contribution in [3.8, 4) is 73.0 Å². The third-order valence-corrected chi connectivity index (χ3v) is 13.1. The molecular weight excluding hydrogens is 773 g/mol. The van der Waals surface area contributed by atoms with Gasteiger partial charge in [-0.3, -0.25) is 9.55 Å². The van der Waals surface area contributed by atoms with E-state index in [0.29, 0.717) is 5.95 Å². The zero-order chi connectivity index (χ0) is 41.0. The van der Waals surface area contributed by atoms with Gasteiger partial charge in [-0.1, -0.05) is 164 Å². The van der Waals surface area contributed by atoms with E-state index in [2.05, 4.69) is 205 Å². The van der Waals surface area contributed by atoms with Crippen LogP contribution in [-0.2, 0) is 0 Å². The number of nitrogens with zero attached hydrogens (tertiary/aromatic N) is 4. The summed E-state index contributed by atoms with van der Waals surface area (Å²) in [6.07, 6.45) is 1.87. The minimum Gasteiger partial charge on any atom is -0.276 e. The Morgan fingerprint density at radius 1 is 0.323 bits per heavy atom. The lowest BCUT2D eigenvalue weighted by atomic mass is 9.99. The summed E-state index contributed by atoms with van der Waals surface area (Å²) >= 11 is 1.84. The molecule has 4 aromatic heterocycles. The molecule has 12 aromatic rings. The quantitative estimate of drug-likeness (QED) is 0.161. The summed E-state index contributed by atoms with van der Waals surface area (Å²) in [5.74, 6) is 0.595. The van der Waals surface area contributed by atoms with Crippen LogP contribution in [0.3, 0.4) is 0 Å². The Bertz CT molecular complexity index is 3590. The van der Waals surface area contributed by atoms with Crippen molar-refractivity contribution in [2.45, 2.75) is 0 Å². The molecule has 5 heteroatoms. The second-order valence-electron chi connectivity index (χ2n) is 15.7. The molecule has 0 unspecified atom stereocenters. The number of aromatic nitrogens is 4. The van der Waals surface area contributed by atoms with E-state index in [9.17, 15) is 0 Å². The molecule has 0 aliphatic rings. The zero-order valence-corrected chi connectivity index (χ0v) is 34.3. The van der Waals surface area contributed by atoms with Gasteiger partial charge in [0, 0.05) is 42.9 Å². The van der Waals surface area contributed by atoms with Crippen molar-refractivity contribution >= 4 is 53.4 Å². The first-order chi connectivity index (χ1) is 30.7. The SMILES string of the molecule is c1ccc(-c2ccc(-c3ccc(-c4cc(-c5ccc(-c6ccccc6)cc5)nc(-n5c6ccc(-c7ccc8sc9ccccc9c8c7)cc6c6ncccc65)n4)cc3)cc2)cc1. The Balaban J connectivity index is 0.979. The normalized spacial score (nSPS) is 11.5. The van der Waals surface area contributed by atoms with Crippen molar-refractivity contribution < 1.29 is 0 Å². The Hall–Kier alpha value is -7.99. The molecule has 0 saturated carbocycles. The van der Waals surface area contributed by atoms with E-state index in [0.717, 1.165) is 61.1 Å². The number of pyridine rings is 1. The maximum Gasteiger partial charge on any atom is 0.235 e. The lowest BCUT2D eigenvalue weighted by Gasteiger charge is -2.13. The highest BCUT2D eigenvalue weighted by atomic mass is 32.1. The van der Waals surface area contributed by atoms with Crippen molar-refractivity contribution in [3.63, 3.8) is 0 Å². The third kappa shape index (κ3) is 6.35. The van der Waals surface area contributed by atoms with Gasteiger partial charge in [-0.05, 0) is 93.0 Å². The Morgan fingerprint density at radius 3 is 1.39 bits per heavy atom. The standard InChI is InChI=1S/C57H36N4S/c1-3-10-37(11-4-1)39-17-19-41(20-18-39)42-23-27-44(28-24-42)51-36-50(43-25-21-40(22-26-43)38-12-5-2-6-13-38)59-57(60-51)61-52-31-29-45(35-49(52)56-53(61)15-9-33-58-56)46-30-32-55-48(34-46)47-14-7-8-16-54(47)62-55/h1-36H. The molecule has 0 saturated heterocycles. The maximum atomic E-state index is 5.35. The van der Waals surface area contributed by atoms with Crippen LogP contribution >= 0.6 is 11.3 Å². The summed E-state index contributed by atoms with van der Waals surface area (Å²) in [7, 11) is 0. The van der Waals surface area contributed by atoms with Crippen LogP contribution in [0.25, 0.3) is 115 Å². The van der Waals surface area contributed by atoms with Crippen molar-refractivity contribution in [3.05, 3.63) is 219 Å². The van der Waals surface area contributed by atoms with E-state index in [1.165, 1.54) is 48.0 Å². The van der Waals surface area contributed by atoms with Crippen molar-refractivity contribution in [1.29, 1.82) is 0 Å². The van der Waals surface area contributed by atoms with Crippen LogP contribution in [0.4, 0.5) is 0 Å². The topological polar surface area (TPSA) is 43.6 Å². The first-order valence-corrected chi connectivity index (χ1v) is 21.6. The molecule has 0 bridgehead atoms. The number of hydrogen-bond acceptors (Lipinski definition) is 4. The van der Waals surface area contributed by atoms with Crippen LogP contribution in [0.1, 0.15) is 0 Å². The van der Waals surface area contributed by atoms with Gasteiger partial charge in [0.25, 0.3) is 0 Å². The van der Waals surface area contributed by atoms with E-state index in [1.54, 1.807) is 0 Å². The van der Waals surface area contributed by atoms with Crippen LogP contribution in [0, 0.1) is 0 Å². The van der Waals surface area contributed by atoms with E-state index >= 15 is 0 Å². The summed E-state index contributed by atoms with van der Waals surface area (Å²) in [6, 6.07) is 75.5. The number of rotatable bonds is 7. The highest BCUT2D eigenvalue weighted by Gasteiger charge is 2.19. The maximum absolute atomic E-state index is 5.35. The molecule has 290 valence electrons. The van der Waals surface area contributed by atoms with Crippen molar-refractivity contribution in [1.82, 2.24) is 19.5 Å². The molecule has 0 amide bonds. The molecule has 8 aromatic carbocycles. The van der Waals surface area contributed by atoms with Gasteiger partial charge in [-0.2, -0.15) is 0 Å². The van der Waals surface area contributed by atoms with Crippen LogP contribution in [0.2, 0.25) is 0 Å². The fourth-order valence-electron chi connectivity index (χ4n) is 8.75. The van der Waals surface area contributed by atoms with E-state index in [-0.39, 0.29) is 0 Å². The molecule has 4 heterocycles. The highest BCUT2D eigenvalue weighted by Crippen LogP contribution is 2.39. The molecule has 0 N–H and O–H groups in total. The summed E-state index contributed by atoms with van der Waals surface area (Å²) in [4.78, 5) is 15.6. The molecule has 0 aliphatic heterocycles. The minimum atomic E-state index is 0.595. The molecule has 12 rings (SSSR count). The first kappa shape index (κ1) is 35.9. The second-order valence-corrected chi connectivity index (χ2v) is 16.7. The van der Waals surface area contributed by atoms with Gasteiger partial charge in [0.2, 0.25) is 5.95 Å². The Labute approximate surface area is 362 Å². The lowest BCUT2D eigenvalue weighted by Crippen LogP contribution is -2.04. The molecule has 0 atom stereocenters. The average Bonchev–Trinajstić information content (AvgIpc) is 3.90. The van der Waals surface area contributed by atoms with E-state index in [1.807, 2.05) is 29.7 Å². The van der Waals surface area contributed by atoms with E-state index in [4.69, 9.17) is 15.0 Å². The molecule has 0 radical (unpaired) electrons. The monoisotopic (exact) mass is 808 g/mol. The number of thiophene rings is 1. The molecule has 0 spiro atoms. The first-order valence-electron chi connectivity index (χ1n) is 20.8. The van der Waals surface area contributed by atoms with Gasteiger partial charge in [0.15, 0.2) is 0 Å². The Kier molecular flexibility index (Phi) is 8.65. The zero-order valence-electron chi connectivity index (χ0n) is 33.5. The second kappa shape index (κ2) is 14.9. The van der Waals surface area contributed by atoms with Gasteiger partial charge in [-0.15, -0.1) is 11.3 Å². The molecule has 4 nitrogen and oxygen atoms in total. The smallest absolute Gasteiger partial charge is 0.235 e. The van der Waals surface area contributed by atoms with E-state index < -0.39 is 0 Å². The van der Waals surface area contributed by atoms with Crippen molar-refractivity contribution in [2.75, 3.05) is 0 Å². The van der Waals surface area contributed by atoms with Crippen LogP contribution in [0.15, 0.2) is 219 Å². The Morgan fingerprint density at radius 2 is 0.790 bits per heavy atom.